The van der Waals surface area contributed by atoms with E-state index in [2.05, 4.69) is 36.3 Å². The highest BCUT2D eigenvalue weighted by Crippen LogP contribution is 2.32. The van der Waals surface area contributed by atoms with Crippen molar-refractivity contribution in [1.82, 2.24) is 4.98 Å². The van der Waals surface area contributed by atoms with E-state index in [0.717, 1.165) is 35.8 Å². The predicted octanol–water partition coefficient (Wildman–Crippen LogP) is 3.69. The molecule has 2 aromatic rings. The van der Waals surface area contributed by atoms with E-state index in [0.29, 0.717) is 0 Å². The second-order valence-corrected chi connectivity index (χ2v) is 4.93. The number of rotatable bonds is 5. The minimum absolute atomic E-state index is 0.770. The predicted molar refractivity (Wildman–Crippen MR) is 74.3 cm³/mol. The highest BCUT2D eigenvalue weighted by Gasteiger charge is 2.09. The number of benzene rings is 1. The summed E-state index contributed by atoms with van der Waals surface area (Å²) in [4.78, 5) is 4.58. The van der Waals surface area contributed by atoms with E-state index in [4.69, 9.17) is 4.74 Å². The van der Waals surface area contributed by atoms with Crippen LogP contribution in [0.3, 0.4) is 0 Å². The topological polar surface area (TPSA) is 34.1 Å². The first-order valence-electron chi connectivity index (χ1n) is 6.02. The summed E-state index contributed by atoms with van der Waals surface area (Å²) in [6, 6.07) is 4.19. The molecule has 2 rings (SSSR count). The van der Waals surface area contributed by atoms with Gasteiger partial charge in [0.05, 0.1) is 16.8 Å². The summed E-state index contributed by atoms with van der Waals surface area (Å²) in [7, 11) is 1.90. The first-order chi connectivity index (χ1) is 8.28. The van der Waals surface area contributed by atoms with Crippen LogP contribution in [-0.2, 0) is 6.42 Å². The SMILES string of the molecule is CCCOc1cc(CC)c2nc(NC)sc2c1. The summed E-state index contributed by atoms with van der Waals surface area (Å²) in [6.07, 6.45) is 2.01. The Bertz CT molecular complexity index is 507. The molecule has 0 aliphatic carbocycles. The number of nitrogens with zero attached hydrogens (tertiary/aromatic N) is 1. The van der Waals surface area contributed by atoms with Crippen molar-refractivity contribution in [2.75, 3.05) is 19.0 Å². The third kappa shape index (κ3) is 2.52. The highest BCUT2D eigenvalue weighted by molar-refractivity contribution is 7.22. The maximum Gasteiger partial charge on any atom is 0.183 e. The molecule has 0 spiro atoms. The lowest BCUT2D eigenvalue weighted by atomic mass is 10.1. The van der Waals surface area contributed by atoms with Gasteiger partial charge < -0.3 is 10.1 Å². The Labute approximate surface area is 106 Å². The number of hydrogen-bond acceptors (Lipinski definition) is 4. The monoisotopic (exact) mass is 250 g/mol. The number of hydrogen-bond donors (Lipinski definition) is 1. The fourth-order valence-electron chi connectivity index (χ4n) is 1.75. The fourth-order valence-corrected chi connectivity index (χ4v) is 2.65. The average Bonchev–Trinajstić information content (AvgIpc) is 2.78. The molecule has 17 heavy (non-hydrogen) atoms. The van der Waals surface area contributed by atoms with E-state index < -0.39 is 0 Å². The molecule has 0 atom stereocenters. The lowest BCUT2D eigenvalue weighted by molar-refractivity contribution is 0.317. The van der Waals surface area contributed by atoms with Crippen molar-refractivity contribution < 1.29 is 4.74 Å². The van der Waals surface area contributed by atoms with Gasteiger partial charge in [-0.2, -0.15) is 0 Å². The maximum atomic E-state index is 5.71. The standard InChI is InChI=1S/C13H18N2OS/c1-4-6-16-10-7-9(5-2)12-11(8-10)17-13(14-3)15-12/h7-8H,4-6H2,1-3H3,(H,14,15). The summed E-state index contributed by atoms with van der Waals surface area (Å²) >= 11 is 1.67. The third-order valence-corrected chi connectivity index (χ3v) is 3.63. The largest absolute Gasteiger partial charge is 0.494 e. The molecule has 1 N–H and O–H groups in total. The highest BCUT2D eigenvalue weighted by atomic mass is 32.1. The number of ether oxygens (including phenoxy) is 1. The van der Waals surface area contributed by atoms with E-state index in [1.54, 1.807) is 11.3 Å². The molecule has 0 unspecified atom stereocenters. The molecule has 1 heterocycles. The van der Waals surface area contributed by atoms with Crippen LogP contribution < -0.4 is 10.1 Å². The van der Waals surface area contributed by atoms with Crippen LogP contribution in [-0.4, -0.2) is 18.6 Å². The Balaban J connectivity index is 2.44. The Morgan fingerprint density at radius 2 is 2.18 bits per heavy atom. The maximum absolute atomic E-state index is 5.71. The molecule has 92 valence electrons. The summed E-state index contributed by atoms with van der Waals surface area (Å²) in [5.74, 6) is 0.961. The molecule has 0 radical (unpaired) electrons. The number of aryl methyl sites for hydroxylation is 1. The van der Waals surface area contributed by atoms with Crippen LogP contribution in [0.2, 0.25) is 0 Å². The molecule has 3 nitrogen and oxygen atoms in total. The van der Waals surface area contributed by atoms with Crippen molar-refractivity contribution in [3.05, 3.63) is 17.7 Å². The van der Waals surface area contributed by atoms with Crippen molar-refractivity contribution in [2.24, 2.45) is 0 Å². The van der Waals surface area contributed by atoms with Crippen LogP contribution in [0.5, 0.6) is 5.75 Å². The number of anilines is 1. The Hall–Kier alpha value is -1.29. The van der Waals surface area contributed by atoms with Gasteiger partial charge in [0.15, 0.2) is 5.13 Å². The molecule has 0 bridgehead atoms. The normalized spacial score (nSPS) is 10.8. The molecule has 0 aliphatic rings. The Morgan fingerprint density at radius 1 is 1.35 bits per heavy atom. The lowest BCUT2D eigenvalue weighted by Crippen LogP contribution is -1.96. The van der Waals surface area contributed by atoms with Crippen LogP contribution in [0.1, 0.15) is 25.8 Å². The summed E-state index contributed by atoms with van der Waals surface area (Å²) in [5, 5.41) is 4.06. The van der Waals surface area contributed by atoms with Gasteiger partial charge in [0.1, 0.15) is 5.75 Å². The molecule has 1 aromatic carbocycles. The zero-order chi connectivity index (χ0) is 12.3. The zero-order valence-electron chi connectivity index (χ0n) is 10.5. The van der Waals surface area contributed by atoms with E-state index in [9.17, 15) is 0 Å². The molecular weight excluding hydrogens is 232 g/mol. The Morgan fingerprint density at radius 3 is 2.82 bits per heavy atom. The van der Waals surface area contributed by atoms with Crippen molar-refractivity contribution in [1.29, 1.82) is 0 Å². The first kappa shape index (κ1) is 12.2. The van der Waals surface area contributed by atoms with Crippen LogP contribution in [0.15, 0.2) is 12.1 Å². The lowest BCUT2D eigenvalue weighted by Gasteiger charge is -2.06. The molecule has 0 saturated heterocycles. The fraction of sp³-hybridized carbons (Fsp3) is 0.462. The number of thiazole rings is 1. The molecule has 0 fully saturated rings. The second-order valence-electron chi connectivity index (χ2n) is 3.90. The average molecular weight is 250 g/mol. The van der Waals surface area contributed by atoms with Gasteiger partial charge in [0.2, 0.25) is 0 Å². The molecule has 0 amide bonds. The van der Waals surface area contributed by atoms with Gasteiger partial charge in [0, 0.05) is 7.05 Å². The number of aromatic nitrogens is 1. The third-order valence-electron chi connectivity index (χ3n) is 2.61. The van der Waals surface area contributed by atoms with Crippen LogP contribution in [0.4, 0.5) is 5.13 Å². The smallest absolute Gasteiger partial charge is 0.183 e. The molecule has 1 aromatic heterocycles. The molecule has 4 heteroatoms. The van der Waals surface area contributed by atoms with E-state index in [-0.39, 0.29) is 0 Å². The quantitative estimate of drug-likeness (QED) is 0.878. The van der Waals surface area contributed by atoms with Gasteiger partial charge in [-0.15, -0.1) is 0 Å². The van der Waals surface area contributed by atoms with Gasteiger partial charge in [-0.3, -0.25) is 0 Å². The minimum Gasteiger partial charge on any atom is -0.494 e. The minimum atomic E-state index is 0.770. The van der Waals surface area contributed by atoms with E-state index >= 15 is 0 Å². The van der Waals surface area contributed by atoms with Crippen molar-refractivity contribution in [3.63, 3.8) is 0 Å². The Kier molecular flexibility index (Phi) is 3.84. The van der Waals surface area contributed by atoms with Gasteiger partial charge >= 0.3 is 0 Å². The first-order valence-corrected chi connectivity index (χ1v) is 6.84. The summed E-state index contributed by atoms with van der Waals surface area (Å²) in [5.41, 5.74) is 2.36. The van der Waals surface area contributed by atoms with Crippen LogP contribution >= 0.6 is 11.3 Å². The number of fused-ring (bicyclic) bond motifs is 1. The van der Waals surface area contributed by atoms with E-state index in [1.807, 2.05) is 7.05 Å². The zero-order valence-corrected chi connectivity index (χ0v) is 11.4. The number of nitrogens with one attached hydrogen (secondary N) is 1. The van der Waals surface area contributed by atoms with Gasteiger partial charge in [0.25, 0.3) is 0 Å². The van der Waals surface area contributed by atoms with Crippen molar-refractivity contribution in [3.8, 4) is 5.75 Å². The molecule has 0 aliphatic heterocycles. The van der Waals surface area contributed by atoms with Crippen LogP contribution in [0.25, 0.3) is 10.2 Å². The van der Waals surface area contributed by atoms with Gasteiger partial charge in [-0.05, 0) is 30.5 Å². The molecule has 0 saturated carbocycles. The van der Waals surface area contributed by atoms with Gasteiger partial charge in [-0.25, -0.2) is 4.98 Å². The molecular formula is C13H18N2OS. The van der Waals surface area contributed by atoms with E-state index in [1.165, 1.54) is 10.3 Å². The van der Waals surface area contributed by atoms with Crippen molar-refractivity contribution >= 4 is 26.7 Å². The second kappa shape index (κ2) is 5.36. The van der Waals surface area contributed by atoms with Gasteiger partial charge in [-0.1, -0.05) is 25.2 Å². The summed E-state index contributed by atoms with van der Waals surface area (Å²) in [6.45, 7) is 5.04. The summed E-state index contributed by atoms with van der Waals surface area (Å²) < 4.78 is 6.90. The van der Waals surface area contributed by atoms with Crippen LogP contribution in [0, 0.1) is 0 Å². The van der Waals surface area contributed by atoms with Crippen molar-refractivity contribution in [2.45, 2.75) is 26.7 Å².